The Morgan fingerprint density at radius 1 is 1.41 bits per heavy atom. The maximum absolute atomic E-state index is 12.2. The Bertz CT molecular complexity index is 466. The van der Waals surface area contributed by atoms with Crippen LogP contribution in [0.25, 0.3) is 0 Å². The SMILES string of the molecule is CC(C)C(NC(=O)CCCN1CCOCC1)c1nccn1C. The highest BCUT2D eigenvalue weighted by Gasteiger charge is 2.21. The summed E-state index contributed by atoms with van der Waals surface area (Å²) in [6.45, 7) is 8.74. The van der Waals surface area contributed by atoms with E-state index >= 15 is 0 Å². The van der Waals surface area contributed by atoms with E-state index in [4.69, 9.17) is 4.74 Å². The van der Waals surface area contributed by atoms with E-state index in [1.165, 1.54) is 0 Å². The quantitative estimate of drug-likeness (QED) is 0.826. The maximum atomic E-state index is 12.2. The summed E-state index contributed by atoms with van der Waals surface area (Å²) in [4.78, 5) is 18.9. The molecule has 0 aromatic carbocycles. The number of morpholine rings is 1. The van der Waals surface area contributed by atoms with Crippen molar-refractivity contribution in [2.45, 2.75) is 32.7 Å². The zero-order chi connectivity index (χ0) is 15.9. The Morgan fingerprint density at radius 3 is 2.73 bits per heavy atom. The molecule has 0 aliphatic carbocycles. The second kappa shape index (κ2) is 8.29. The Hall–Kier alpha value is -1.40. The van der Waals surface area contributed by atoms with Crippen LogP contribution in [0.2, 0.25) is 0 Å². The lowest BCUT2D eigenvalue weighted by molar-refractivity contribution is -0.122. The average Bonchev–Trinajstić information content (AvgIpc) is 2.91. The highest BCUT2D eigenvalue weighted by Crippen LogP contribution is 2.19. The van der Waals surface area contributed by atoms with Crippen molar-refractivity contribution in [3.05, 3.63) is 18.2 Å². The first-order valence-electron chi connectivity index (χ1n) is 8.14. The van der Waals surface area contributed by atoms with Crippen LogP contribution in [0.5, 0.6) is 0 Å². The van der Waals surface area contributed by atoms with Gasteiger partial charge in [0.15, 0.2) is 0 Å². The fraction of sp³-hybridized carbons (Fsp3) is 0.750. The van der Waals surface area contributed by atoms with Crippen LogP contribution in [0, 0.1) is 5.92 Å². The molecule has 1 aliphatic rings. The molecule has 6 nitrogen and oxygen atoms in total. The summed E-state index contributed by atoms with van der Waals surface area (Å²) in [5.41, 5.74) is 0. The molecule has 6 heteroatoms. The largest absolute Gasteiger partial charge is 0.379 e. The zero-order valence-electron chi connectivity index (χ0n) is 13.9. The van der Waals surface area contributed by atoms with E-state index in [1.807, 2.05) is 17.8 Å². The normalized spacial score (nSPS) is 17.6. The lowest BCUT2D eigenvalue weighted by atomic mass is 10.0. The van der Waals surface area contributed by atoms with Gasteiger partial charge in [0, 0.05) is 39.0 Å². The number of hydrogen-bond acceptors (Lipinski definition) is 4. The minimum absolute atomic E-state index is 0.0316. The second-order valence-electron chi connectivity index (χ2n) is 6.24. The molecule has 1 aromatic rings. The molecule has 1 amide bonds. The smallest absolute Gasteiger partial charge is 0.220 e. The van der Waals surface area contributed by atoms with Crippen molar-refractivity contribution in [1.29, 1.82) is 0 Å². The average molecular weight is 308 g/mol. The Labute approximate surface area is 132 Å². The van der Waals surface area contributed by atoms with E-state index in [0.29, 0.717) is 12.3 Å². The summed E-state index contributed by atoms with van der Waals surface area (Å²) >= 11 is 0. The third-order valence-electron chi connectivity index (χ3n) is 4.10. The molecule has 2 rings (SSSR count). The van der Waals surface area contributed by atoms with Crippen LogP contribution in [0.3, 0.4) is 0 Å². The van der Waals surface area contributed by atoms with Crippen LogP contribution in [0.4, 0.5) is 0 Å². The van der Waals surface area contributed by atoms with Gasteiger partial charge in [-0.05, 0) is 18.9 Å². The van der Waals surface area contributed by atoms with Crippen molar-refractivity contribution in [3.8, 4) is 0 Å². The fourth-order valence-corrected chi connectivity index (χ4v) is 2.74. The minimum Gasteiger partial charge on any atom is -0.379 e. The van der Waals surface area contributed by atoms with Gasteiger partial charge < -0.3 is 14.6 Å². The molecule has 0 spiro atoms. The van der Waals surface area contributed by atoms with Gasteiger partial charge in [-0.25, -0.2) is 4.98 Å². The lowest BCUT2D eigenvalue weighted by Gasteiger charge is -2.26. The van der Waals surface area contributed by atoms with Gasteiger partial charge in [0.05, 0.1) is 19.3 Å². The Balaban J connectivity index is 1.77. The van der Waals surface area contributed by atoms with E-state index in [1.54, 1.807) is 6.20 Å². The summed E-state index contributed by atoms with van der Waals surface area (Å²) in [7, 11) is 1.96. The third-order valence-corrected chi connectivity index (χ3v) is 4.10. The molecular weight excluding hydrogens is 280 g/mol. The number of nitrogens with zero attached hydrogens (tertiary/aromatic N) is 3. The second-order valence-corrected chi connectivity index (χ2v) is 6.24. The summed E-state index contributed by atoms with van der Waals surface area (Å²) in [5, 5.41) is 3.13. The van der Waals surface area contributed by atoms with E-state index in [0.717, 1.165) is 45.1 Å². The summed E-state index contributed by atoms with van der Waals surface area (Å²) < 4.78 is 7.30. The number of amides is 1. The molecule has 1 aromatic heterocycles. The third kappa shape index (κ3) is 4.81. The number of aryl methyl sites for hydroxylation is 1. The topological polar surface area (TPSA) is 59.4 Å². The number of ether oxygens (including phenoxy) is 1. The van der Waals surface area contributed by atoms with Gasteiger partial charge in [0.25, 0.3) is 0 Å². The zero-order valence-corrected chi connectivity index (χ0v) is 13.9. The van der Waals surface area contributed by atoms with Crippen molar-refractivity contribution < 1.29 is 9.53 Å². The molecule has 0 radical (unpaired) electrons. The van der Waals surface area contributed by atoms with Crippen molar-refractivity contribution in [3.63, 3.8) is 0 Å². The predicted molar refractivity (Wildman–Crippen MR) is 85.4 cm³/mol. The minimum atomic E-state index is -0.0316. The number of imidazole rings is 1. The maximum Gasteiger partial charge on any atom is 0.220 e. The van der Waals surface area contributed by atoms with E-state index in [9.17, 15) is 4.79 Å². The highest BCUT2D eigenvalue weighted by molar-refractivity contribution is 5.76. The number of carbonyl (C=O) groups is 1. The van der Waals surface area contributed by atoms with Crippen molar-refractivity contribution >= 4 is 5.91 Å². The van der Waals surface area contributed by atoms with Crippen LogP contribution in [0.15, 0.2) is 12.4 Å². The van der Waals surface area contributed by atoms with Gasteiger partial charge in [0.2, 0.25) is 5.91 Å². The first-order valence-corrected chi connectivity index (χ1v) is 8.14. The summed E-state index contributed by atoms with van der Waals surface area (Å²) in [6.07, 6.45) is 5.13. The van der Waals surface area contributed by atoms with Crippen molar-refractivity contribution in [1.82, 2.24) is 19.8 Å². The van der Waals surface area contributed by atoms with Gasteiger partial charge in [-0.15, -0.1) is 0 Å². The van der Waals surface area contributed by atoms with Crippen LogP contribution in [0.1, 0.15) is 38.6 Å². The number of rotatable bonds is 7. The fourth-order valence-electron chi connectivity index (χ4n) is 2.74. The lowest BCUT2D eigenvalue weighted by Crippen LogP contribution is -2.38. The molecule has 2 heterocycles. The molecule has 1 atom stereocenters. The van der Waals surface area contributed by atoms with Crippen LogP contribution in [-0.4, -0.2) is 53.2 Å². The molecule has 1 fully saturated rings. The van der Waals surface area contributed by atoms with Gasteiger partial charge in [-0.3, -0.25) is 9.69 Å². The molecule has 22 heavy (non-hydrogen) atoms. The molecule has 1 unspecified atom stereocenters. The van der Waals surface area contributed by atoms with Crippen LogP contribution in [-0.2, 0) is 16.6 Å². The van der Waals surface area contributed by atoms with Crippen molar-refractivity contribution in [2.75, 3.05) is 32.8 Å². The van der Waals surface area contributed by atoms with Crippen molar-refractivity contribution in [2.24, 2.45) is 13.0 Å². The van der Waals surface area contributed by atoms with Gasteiger partial charge >= 0.3 is 0 Å². The monoisotopic (exact) mass is 308 g/mol. The van der Waals surface area contributed by atoms with Gasteiger partial charge in [-0.2, -0.15) is 0 Å². The summed E-state index contributed by atoms with van der Waals surface area (Å²) in [6, 6.07) is -0.0316. The van der Waals surface area contributed by atoms with Gasteiger partial charge in [-0.1, -0.05) is 13.8 Å². The number of hydrogen-bond donors (Lipinski definition) is 1. The number of carbonyl (C=O) groups excluding carboxylic acids is 1. The predicted octanol–water partition coefficient (Wildman–Crippen LogP) is 1.35. The van der Waals surface area contributed by atoms with E-state index in [2.05, 4.69) is 29.0 Å². The first kappa shape index (κ1) is 17.0. The number of aromatic nitrogens is 2. The molecule has 124 valence electrons. The molecule has 0 bridgehead atoms. The molecule has 1 N–H and O–H groups in total. The highest BCUT2D eigenvalue weighted by atomic mass is 16.5. The van der Waals surface area contributed by atoms with Crippen LogP contribution < -0.4 is 5.32 Å². The molecule has 1 aliphatic heterocycles. The Morgan fingerprint density at radius 2 is 2.14 bits per heavy atom. The van der Waals surface area contributed by atoms with Gasteiger partial charge in [0.1, 0.15) is 5.82 Å². The standard InChI is InChI=1S/C16H28N4O2/c1-13(2)15(16-17-6-8-19(16)3)18-14(21)5-4-7-20-9-11-22-12-10-20/h6,8,13,15H,4-5,7,9-12H2,1-3H3,(H,18,21). The Kier molecular flexibility index (Phi) is 6.39. The van der Waals surface area contributed by atoms with E-state index in [-0.39, 0.29) is 11.9 Å². The first-order chi connectivity index (χ1) is 10.6. The van der Waals surface area contributed by atoms with E-state index < -0.39 is 0 Å². The molecular formula is C16H28N4O2. The van der Waals surface area contributed by atoms with Crippen LogP contribution >= 0.6 is 0 Å². The molecule has 1 saturated heterocycles. The number of nitrogens with one attached hydrogen (secondary N) is 1. The molecule has 0 saturated carbocycles. The summed E-state index contributed by atoms with van der Waals surface area (Å²) in [5.74, 6) is 1.33.